The maximum absolute atomic E-state index is 11.2. The Hall–Kier alpha value is -2.52. The zero-order valence-electron chi connectivity index (χ0n) is 12.1. The molecule has 110 valence electrons. The van der Waals surface area contributed by atoms with E-state index in [2.05, 4.69) is 11.1 Å². The molecule has 0 aliphatic carbocycles. The highest BCUT2D eigenvalue weighted by molar-refractivity contribution is 8.00. The molecule has 1 atom stereocenters. The van der Waals surface area contributed by atoms with Gasteiger partial charge in [0.25, 0.3) is 0 Å². The summed E-state index contributed by atoms with van der Waals surface area (Å²) in [5.74, 6) is -0.871. The molecule has 0 saturated carbocycles. The van der Waals surface area contributed by atoms with Gasteiger partial charge >= 0.3 is 5.97 Å². The summed E-state index contributed by atoms with van der Waals surface area (Å²) in [6.45, 7) is 3.49. The highest BCUT2D eigenvalue weighted by Gasteiger charge is 2.19. The zero-order valence-corrected chi connectivity index (χ0v) is 12.9. The molecule has 1 aromatic carbocycles. The molecule has 0 aliphatic rings. The zero-order chi connectivity index (χ0) is 15.9. The Kier molecular flexibility index (Phi) is 3.51. The second-order valence-electron chi connectivity index (χ2n) is 5.01. The van der Waals surface area contributed by atoms with Gasteiger partial charge in [0.1, 0.15) is 11.3 Å². The Morgan fingerprint density at radius 1 is 1.45 bits per heavy atom. The van der Waals surface area contributed by atoms with E-state index >= 15 is 0 Å². The van der Waals surface area contributed by atoms with Crippen LogP contribution in [-0.2, 0) is 4.79 Å². The third-order valence-corrected chi connectivity index (χ3v) is 4.59. The summed E-state index contributed by atoms with van der Waals surface area (Å²) in [6, 6.07) is 11.6. The van der Waals surface area contributed by atoms with Crippen molar-refractivity contribution in [2.24, 2.45) is 0 Å². The number of carboxylic acid groups (broad SMARTS) is 1. The Labute approximate surface area is 131 Å². The van der Waals surface area contributed by atoms with Crippen LogP contribution in [0.15, 0.2) is 35.4 Å². The first kappa shape index (κ1) is 14.4. The second kappa shape index (κ2) is 5.35. The minimum Gasteiger partial charge on any atom is -0.480 e. The topological polar surface area (TPSA) is 78.4 Å². The van der Waals surface area contributed by atoms with E-state index in [0.717, 1.165) is 21.6 Å². The van der Waals surface area contributed by atoms with Crippen LogP contribution in [-0.4, -0.2) is 25.7 Å². The van der Waals surface area contributed by atoms with E-state index in [1.807, 2.05) is 41.7 Å². The van der Waals surface area contributed by atoms with Crippen molar-refractivity contribution in [2.45, 2.75) is 24.1 Å². The van der Waals surface area contributed by atoms with E-state index in [9.17, 15) is 10.1 Å². The number of nitrogens with zero attached hydrogens (tertiary/aromatic N) is 3. The van der Waals surface area contributed by atoms with Crippen LogP contribution in [0.4, 0.5) is 0 Å². The van der Waals surface area contributed by atoms with Gasteiger partial charge in [-0.3, -0.25) is 9.20 Å². The van der Waals surface area contributed by atoms with Crippen LogP contribution >= 0.6 is 11.8 Å². The Morgan fingerprint density at radius 2 is 2.18 bits per heavy atom. The summed E-state index contributed by atoms with van der Waals surface area (Å²) >= 11 is 1.25. The minimum absolute atomic E-state index is 0.517. The first-order valence-corrected chi connectivity index (χ1v) is 7.61. The number of fused-ring (bicyclic) bond motifs is 3. The smallest absolute Gasteiger partial charge is 0.316 e. The molecule has 0 amide bonds. The average molecular weight is 311 g/mol. The fourth-order valence-electron chi connectivity index (χ4n) is 2.37. The predicted molar refractivity (Wildman–Crippen MR) is 85.1 cm³/mol. The number of hydrogen-bond acceptors (Lipinski definition) is 4. The monoisotopic (exact) mass is 311 g/mol. The minimum atomic E-state index is -0.871. The number of aromatic nitrogens is 2. The number of thioether (sulfide) groups is 1. The molecule has 0 spiro atoms. The van der Waals surface area contributed by atoms with Gasteiger partial charge in [0.15, 0.2) is 5.65 Å². The average Bonchev–Trinajstić information content (AvgIpc) is 2.86. The number of aryl methyl sites for hydroxylation is 1. The highest BCUT2D eigenvalue weighted by Crippen LogP contribution is 2.31. The summed E-state index contributed by atoms with van der Waals surface area (Å²) in [4.78, 5) is 15.7. The third kappa shape index (κ3) is 2.20. The van der Waals surface area contributed by atoms with E-state index in [1.54, 1.807) is 6.92 Å². The number of imidazole rings is 1. The molecule has 0 radical (unpaired) electrons. The molecule has 5 nitrogen and oxygen atoms in total. The molecule has 6 heteroatoms. The molecule has 0 unspecified atom stereocenters. The van der Waals surface area contributed by atoms with E-state index in [-0.39, 0.29) is 0 Å². The molecule has 2 heterocycles. The maximum atomic E-state index is 11.2. The van der Waals surface area contributed by atoms with Gasteiger partial charge in [0.2, 0.25) is 0 Å². The van der Waals surface area contributed by atoms with Crippen molar-refractivity contribution in [1.82, 2.24) is 9.38 Å². The van der Waals surface area contributed by atoms with Crippen LogP contribution in [0.5, 0.6) is 0 Å². The van der Waals surface area contributed by atoms with Crippen molar-refractivity contribution < 1.29 is 9.90 Å². The molecule has 0 bridgehead atoms. The van der Waals surface area contributed by atoms with Crippen molar-refractivity contribution in [3.63, 3.8) is 0 Å². The van der Waals surface area contributed by atoms with Crippen LogP contribution < -0.4 is 0 Å². The van der Waals surface area contributed by atoms with Gasteiger partial charge in [-0.05, 0) is 37.6 Å². The van der Waals surface area contributed by atoms with Gasteiger partial charge in [-0.25, -0.2) is 4.98 Å². The van der Waals surface area contributed by atoms with Crippen molar-refractivity contribution in [2.75, 3.05) is 0 Å². The maximum Gasteiger partial charge on any atom is 0.316 e. The van der Waals surface area contributed by atoms with Gasteiger partial charge in [-0.15, -0.1) is 0 Å². The number of carbonyl (C=O) groups is 1. The number of pyridine rings is 1. The number of hydrogen-bond donors (Lipinski definition) is 1. The molecule has 3 aromatic rings. The number of carboxylic acids is 1. The SMILES string of the molecule is Cc1cc(S[C@H](C)C(=O)O)n2c(nc3ccccc32)c1C#N. The number of benzene rings is 1. The van der Waals surface area contributed by atoms with E-state index < -0.39 is 11.2 Å². The van der Waals surface area contributed by atoms with Gasteiger partial charge < -0.3 is 5.11 Å². The molecule has 22 heavy (non-hydrogen) atoms. The Bertz CT molecular complexity index is 940. The van der Waals surface area contributed by atoms with E-state index in [4.69, 9.17) is 5.11 Å². The van der Waals surface area contributed by atoms with Gasteiger partial charge in [-0.1, -0.05) is 23.9 Å². The number of aliphatic carboxylic acids is 1. The summed E-state index contributed by atoms with van der Waals surface area (Å²) < 4.78 is 1.87. The molecular weight excluding hydrogens is 298 g/mol. The number of rotatable bonds is 3. The Morgan fingerprint density at radius 3 is 2.86 bits per heavy atom. The predicted octanol–water partition coefficient (Wildman–Crippen LogP) is 3.23. The van der Waals surface area contributed by atoms with Crippen LogP contribution in [0.3, 0.4) is 0 Å². The van der Waals surface area contributed by atoms with Crippen LogP contribution in [0.25, 0.3) is 16.7 Å². The molecule has 0 fully saturated rings. The summed E-state index contributed by atoms with van der Waals surface area (Å²) in [5, 5.41) is 18.7. The van der Waals surface area contributed by atoms with Crippen molar-refractivity contribution in [3.05, 3.63) is 41.5 Å². The van der Waals surface area contributed by atoms with Crippen molar-refractivity contribution >= 4 is 34.4 Å². The van der Waals surface area contributed by atoms with Crippen LogP contribution in [0.2, 0.25) is 0 Å². The van der Waals surface area contributed by atoms with Gasteiger partial charge in [0, 0.05) is 0 Å². The van der Waals surface area contributed by atoms with E-state index in [1.165, 1.54) is 11.8 Å². The largest absolute Gasteiger partial charge is 0.480 e. The van der Waals surface area contributed by atoms with E-state index in [0.29, 0.717) is 11.2 Å². The van der Waals surface area contributed by atoms with Crippen molar-refractivity contribution in [1.29, 1.82) is 5.26 Å². The van der Waals surface area contributed by atoms with Gasteiger partial charge in [0.05, 0.1) is 21.6 Å². The lowest BCUT2D eigenvalue weighted by Crippen LogP contribution is -2.12. The quantitative estimate of drug-likeness (QED) is 0.751. The lowest BCUT2D eigenvalue weighted by atomic mass is 10.2. The lowest BCUT2D eigenvalue weighted by molar-refractivity contribution is -0.136. The lowest BCUT2D eigenvalue weighted by Gasteiger charge is -2.11. The standard InChI is InChI=1S/C16H13N3O2S/c1-9-7-14(22-10(2)16(20)21)19-13-6-4-3-5-12(13)18-15(19)11(9)8-17/h3-7,10H,1-2H3,(H,20,21)/t10-/m1/s1. The third-order valence-electron chi connectivity index (χ3n) is 3.50. The summed E-state index contributed by atoms with van der Waals surface area (Å²) in [6.07, 6.45) is 0. The molecule has 2 aromatic heterocycles. The van der Waals surface area contributed by atoms with Crippen molar-refractivity contribution in [3.8, 4) is 6.07 Å². The molecule has 1 N–H and O–H groups in total. The first-order valence-electron chi connectivity index (χ1n) is 6.73. The Balaban J connectivity index is 2.37. The fourth-order valence-corrected chi connectivity index (χ4v) is 3.37. The number of nitriles is 1. The normalized spacial score (nSPS) is 12.4. The summed E-state index contributed by atoms with van der Waals surface area (Å²) in [7, 11) is 0. The van der Waals surface area contributed by atoms with Crippen LogP contribution in [0, 0.1) is 18.3 Å². The second-order valence-corrected chi connectivity index (χ2v) is 6.37. The molecule has 0 aliphatic heterocycles. The van der Waals surface area contributed by atoms with Gasteiger partial charge in [-0.2, -0.15) is 5.26 Å². The molecular formula is C16H13N3O2S. The fraction of sp³-hybridized carbons (Fsp3) is 0.188. The van der Waals surface area contributed by atoms with Crippen LogP contribution in [0.1, 0.15) is 18.1 Å². The summed E-state index contributed by atoms with van der Waals surface area (Å²) in [5.41, 5.74) is 3.54. The highest BCUT2D eigenvalue weighted by atomic mass is 32.2. The number of para-hydroxylation sites is 2. The first-order chi connectivity index (χ1) is 10.5. The molecule has 0 saturated heterocycles. The molecule has 3 rings (SSSR count).